The number of fused-ring (bicyclic) bond motifs is 1. The zero-order valence-corrected chi connectivity index (χ0v) is 18.5. The molecule has 136 valence electrons. The van der Waals surface area contributed by atoms with Crippen LogP contribution in [0.15, 0.2) is 42.4 Å². The first kappa shape index (κ1) is 17.5. The van der Waals surface area contributed by atoms with Crippen LogP contribution in [0.5, 0.6) is 0 Å². The summed E-state index contributed by atoms with van der Waals surface area (Å²) >= 11 is 0. The van der Waals surface area contributed by atoms with E-state index in [0.717, 1.165) is 11.1 Å². The molecule has 0 aliphatic rings. The van der Waals surface area contributed by atoms with Crippen molar-refractivity contribution >= 4 is 24.0 Å². The van der Waals surface area contributed by atoms with Crippen LogP contribution < -0.4 is 9.75 Å². The molecule has 0 N–H and O–H groups in total. The molecule has 0 bridgehead atoms. The molecule has 26 heavy (non-hydrogen) atoms. The SMILES string of the molecule is [2H]c1c(C)[n+](C)c(-c2cc(C(C)C)ccc2C)c2ccc([Si](C)(C)C)cc12. The fourth-order valence-electron chi connectivity index (χ4n) is 3.53. The highest BCUT2D eigenvalue weighted by molar-refractivity contribution is 6.88. The third kappa shape index (κ3) is 3.35. The van der Waals surface area contributed by atoms with Crippen LogP contribution in [-0.4, -0.2) is 8.07 Å². The van der Waals surface area contributed by atoms with Gasteiger partial charge in [0.05, 0.1) is 14.8 Å². The minimum absolute atomic E-state index is 0.496. The Morgan fingerprint density at radius 2 is 1.69 bits per heavy atom. The van der Waals surface area contributed by atoms with Gasteiger partial charge < -0.3 is 0 Å². The van der Waals surface area contributed by atoms with E-state index in [1.807, 2.05) is 0 Å². The molecule has 0 atom stereocenters. The van der Waals surface area contributed by atoms with Crippen LogP contribution in [0.4, 0.5) is 0 Å². The van der Waals surface area contributed by atoms with E-state index < -0.39 is 8.07 Å². The zero-order valence-electron chi connectivity index (χ0n) is 18.5. The maximum absolute atomic E-state index is 8.75. The Balaban J connectivity index is 2.42. The molecule has 1 heterocycles. The second-order valence-corrected chi connectivity index (χ2v) is 13.9. The summed E-state index contributed by atoms with van der Waals surface area (Å²) in [4.78, 5) is 0. The summed E-state index contributed by atoms with van der Waals surface area (Å²) in [6.07, 6.45) is 0. The van der Waals surface area contributed by atoms with Crippen LogP contribution in [0.3, 0.4) is 0 Å². The summed E-state index contributed by atoms with van der Waals surface area (Å²) in [6.45, 7) is 15.8. The first-order valence-electron chi connectivity index (χ1n) is 10.1. The lowest BCUT2D eigenvalue weighted by Gasteiger charge is -2.18. The van der Waals surface area contributed by atoms with Gasteiger partial charge in [0.1, 0.15) is 7.05 Å². The monoisotopic (exact) mass is 363 g/mol. The van der Waals surface area contributed by atoms with Crippen LogP contribution in [0.2, 0.25) is 19.6 Å². The maximum atomic E-state index is 8.75. The second kappa shape index (κ2) is 6.66. The van der Waals surface area contributed by atoms with Crippen LogP contribution in [0.25, 0.3) is 22.0 Å². The topological polar surface area (TPSA) is 3.88 Å². The molecule has 0 aliphatic heterocycles. The Kier molecular flexibility index (Phi) is 4.48. The Morgan fingerprint density at radius 1 is 1.00 bits per heavy atom. The van der Waals surface area contributed by atoms with Crippen LogP contribution >= 0.6 is 0 Å². The smallest absolute Gasteiger partial charge is 0.198 e. The van der Waals surface area contributed by atoms with E-state index in [0.29, 0.717) is 12.0 Å². The van der Waals surface area contributed by atoms with E-state index in [-0.39, 0.29) is 0 Å². The standard InChI is InChI=1S/C24H32NSi/c1-16(2)19-10-9-17(3)23(15-19)24-22-12-11-21(26(6,7)8)14-20(22)13-18(4)25(24)5/h9-16H,1-8H3/q+1/i13D. The van der Waals surface area contributed by atoms with Gasteiger partial charge in [-0.2, -0.15) is 4.57 Å². The number of aromatic nitrogens is 1. The van der Waals surface area contributed by atoms with E-state index in [9.17, 15) is 0 Å². The van der Waals surface area contributed by atoms with Crippen molar-refractivity contribution in [2.45, 2.75) is 53.3 Å². The van der Waals surface area contributed by atoms with Crippen LogP contribution in [-0.2, 0) is 7.05 Å². The van der Waals surface area contributed by atoms with Gasteiger partial charge in [-0.1, -0.05) is 62.9 Å². The lowest BCUT2D eigenvalue weighted by molar-refractivity contribution is -0.665. The van der Waals surface area contributed by atoms with Gasteiger partial charge in [0.15, 0.2) is 5.69 Å². The van der Waals surface area contributed by atoms with Crippen LogP contribution in [0, 0.1) is 13.8 Å². The minimum Gasteiger partial charge on any atom is -0.198 e. The molecule has 0 radical (unpaired) electrons. The maximum Gasteiger partial charge on any atom is 0.220 e. The van der Waals surface area contributed by atoms with Crippen molar-refractivity contribution < 1.29 is 5.94 Å². The Morgan fingerprint density at radius 3 is 2.31 bits per heavy atom. The highest BCUT2D eigenvalue weighted by Gasteiger charge is 2.23. The number of rotatable bonds is 3. The summed E-state index contributed by atoms with van der Waals surface area (Å²) in [5.74, 6) is 0.496. The fourth-order valence-corrected chi connectivity index (χ4v) is 4.69. The highest BCUT2D eigenvalue weighted by atomic mass is 28.3. The predicted molar refractivity (Wildman–Crippen MR) is 117 cm³/mol. The fraction of sp³-hybridized carbons (Fsp3) is 0.375. The van der Waals surface area contributed by atoms with Crippen molar-refractivity contribution in [2.75, 3.05) is 0 Å². The highest BCUT2D eigenvalue weighted by Crippen LogP contribution is 2.31. The van der Waals surface area contributed by atoms with Gasteiger partial charge in [-0.15, -0.1) is 0 Å². The molecular formula is C24H32NSi+. The van der Waals surface area contributed by atoms with Crippen molar-refractivity contribution in [2.24, 2.45) is 7.05 Å². The largest absolute Gasteiger partial charge is 0.220 e. The summed E-state index contributed by atoms with van der Waals surface area (Å²) in [5, 5.41) is 3.67. The van der Waals surface area contributed by atoms with E-state index in [1.165, 1.54) is 33.0 Å². The van der Waals surface area contributed by atoms with Crippen molar-refractivity contribution in [3.63, 3.8) is 0 Å². The van der Waals surface area contributed by atoms with E-state index >= 15 is 0 Å². The second-order valence-electron chi connectivity index (χ2n) is 8.86. The first-order chi connectivity index (χ1) is 12.5. The molecule has 2 heteroatoms. The Labute approximate surface area is 161 Å². The molecule has 2 aromatic carbocycles. The number of hydrogen-bond donors (Lipinski definition) is 0. The number of pyridine rings is 1. The molecular weight excluding hydrogens is 330 g/mol. The molecule has 3 rings (SSSR count). The lowest BCUT2D eigenvalue weighted by Crippen LogP contribution is -2.38. The van der Waals surface area contributed by atoms with Crippen molar-refractivity contribution in [3.05, 3.63) is 59.3 Å². The third-order valence-electron chi connectivity index (χ3n) is 5.48. The summed E-state index contributed by atoms with van der Waals surface area (Å²) in [5.41, 5.74) is 6.15. The van der Waals surface area contributed by atoms with E-state index in [4.69, 9.17) is 1.37 Å². The number of nitrogens with zero attached hydrogens (tertiary/aromatic N) is 1. The normalized spacial score (nSPS) is 12.7. The predicted octanol–water partition coefficient (Wildman–Crippen LogP) is 5.62. The van der Waals surface area contributed by atoms with E-state index in [2.05, 4.69) is 95.3 Å². The molecule has 0 fully saturated rings. The van der Waals surface area contributed by atoms with Gasteiger partial charge in [-0.3, -0.25) is 0 Å². The van der Waals surface area contributed by atoms with Crippen molar-refractivity contribution in [3.8, 4) is 11.3 Å². The first-order valence-corrected chi connectivity index (χ1v) is 13.1. The number of aryl methyl sites for hydroxylation is 1. The number of benzene rings is 2. The molecule has 0 saturated heterocycles. The van der Waals surface area contributed by atoms with Crippen molar-refractivity contribution in [1.29, 1.82) is 0 Å². The van der Waals surface area contributed by atoms with Gasteiger partial charge in [0.25, 0.3) is 0 Å². The van der Waals surface area contributed by atoms with Crippen LogP contribution in [0.1, 0.15) is 38.0 Å². The molecule has 0 aliphatic carbocycles. The summed E-state index contributed by atoms with van der Waals surface area (Å²) in [7, 11) is 0.667. The molecule has 0 saturated carbocycles. The minimum atomic E-state index is -1.43. The van der Waals surface area contributed by atoms with Gasteiger partial charge >= 0.3 is 0 Å². The Hall–Kier alpha value is -1.93. The molecule has 0 unspecified atom stereocenters. The average Bonchev–Trinajstić information content (AvgIpc) is 2.60. The molecule has 0 spiro atoms. The molecule has 1 aromatic heterocycles. The van der Waals surface area contributed by atoms with Crippen molar-refractivity contribution in [1.82, 2.24) is 0 Å². The zero-order chi connectivity index (χ0) is 20.1. The van der Waals surface area contributed by atoms with E-state index in [1.54, 1.807) is 0 Å². The molecule has 3 aromatic rings. The lowest BCUT2D eigenvalue weighted by atomic mass is 9.93. The number of hydrogen-bond acceptors (Lipinski definition) is 0. The average molecular weight is 364 g/mol. The van der Waals surface area contributed by atoms with Gasteiger partial charge in [-0.05, 0) is 41.5 Å². The molecule has 1 nitrogen and oxygen atoms in total. The summed E-state index contributed by atoms with van der Waals surface area (Å²) in [6, 6.07) is 14.3. The van der Waals surface area contributed by atoms with Gasteiger partial charge in [0.2, 0.25) is 5.69 Å². The third-order valence-corrected chi connectivity index (χ3v) is 7.52. The van der Waals surface area contributed by atoms with Gasteiger partial charge in [-0.25, -0.2) is 0 Å². The summed E-state index contributed by atoms with van der Waals surface area (Å²) < 4.78 is 10.9. The molecule has 0 amide bonds. The quantitative estimate of drug-likeness (QED) is 0.420. The Bertz CT molecular complexity index is 1030. The van der Waals surface area contributed by atoms with Gasteiger partial charge in [0, 0.05) is 18.5 Å².